The SMILES string of the molecule is O=C1CCC(=O)N1c1c[nH]c2ccccc12. The monoisotopic (exact) mass is 214 g/mol. The summed E-state index contributed by atoms with van der Waals surface area (Å²) in [5, 5.41) is 0.908. The average molecular weight is 214 g/mol. The number of amides is 2. The van der Waals surface area contributed by atoms with Gasteiger partial charge in [-0.05, 0) is 6.07 Å². The maximum absolute atomic E-state index is 11.6. The summed E-state index contributed by atoms with van der Waals surface area (Å²) < 4.78 is 0. The zero-order chi connectivity index (χ0) is 11.1. The van der Waals surface area contributed by atoms with E-state index >= 15 is 0 Å². The van der Waals surface area contributed by atoms with Crippen LogP contribution in [0.1, 0.15) is 12.8 Å². The van der Waals surface area contributed by atoms with Crippen molar-refractivity contribution >= 4 is 28.4 Å². The molecule has 1 aliphatic heterocycles. The number of H-pyrrole nitrogens is 1. The average Bonchev–Trinajstić information content (AvgIpc) is 2.83. The van der Waals surface area contributed by atoms with Crippen molar-refractivity contribution in [2.24, 2.45) is 0 Å². The van der Waals surface area contributed by atoms with Gasteiger partial charge in [0.05, 0.1) is 5.69 Å². The zero-order valence-corrected chi connectivity index (χ0v) is 8.56. The van der Waals surface area contributed by atoms with E-state index in [2.05, 4.69) is 4.98 Å². The molecule has 0 saturated carbocycles. The number of carbonyl (C=O) groups is 2. The number of hydrogen-bond donors (Lipinski definition) is 1. The Morgan fingerprint density at radius 1 is 1.06 bits per heavy atom. The van der Waals surface area contributed by atoms with Crippen LogP contribution in [-0.2, 0) is 9.59 Å². The maximum Gasteiger partial charge on any atom is 0.234 e. The summed E-state index contributed by atoms with van der Waals surface area (Å²) in [4.78, 5) is 27.6. The molecule has 1 N–H and O–H groups in total. The highest BCUT2D eigenvalue weighted by molar-refractivity contribution is 6.22. The number of rotatable bonds is 1. The molecule has 1 aromatic heterocycles. The fourth-order valence-electron chi connectivity index (χ4n) is 2.09. The lowest BCUT2D eigenvalue weighted by Crippen LogP contribution is -2.28. The van der Waals surface area contributed by atoms with E-state index < -0.39 is 0 Å². The van der Waals surface area contributed by atoms with Gasteiger partial charge in [-0.1, -0.05) is 18.2 Å². The van der Waals surface area contributed by atoms with Gasteiger partial charge in [-0.2, -0.15) is 0 Å². The van der Waals surface area contributed by atoms with Crippen LogP contribution in [-0.4, -0.2) is 16.8 Å². The lowest BCUT2D eigenvalue weighted by Gasteiger charge is -2.11. The van der Waals surface area contributed by atoms with Crippen molar-refractivity contribution in [1.82, 2.24) is 4.98 Å². The number of nitrogens with one attached hydrogen (secondary N) is 1. The van der Waals surface area contributed by atoms with E-state index in [1.807, 2.05) is 24.3 Å². The molecule has 80 valence electrons. The van der Waals surface area contributed by atoms with Crippen LogP contribution in [0.3, 0.4) is 0 Å². The summed E-state index contributed by atoms with van der Waals surface area (Å²) >= 11 is 0. The number of nitrogens with zero attached hydrogens (tertiary/aromatic N) is 1. The lowest BCUT2D eigenvalue weighted by molar-refractivity contribution is -0.121. The molecule has 3 rings (SSSR count). The summed E-state index contributed by atoms with van der Waals surface area (Å²) in [5.74, 6) is -0.232. The summed E-state index contributed by atoms with van der Waals surface area (Å²) in [5.41, 5.74) is 1.60. The third-order valence-electron chi connectivity index (χ3n) is 2.86. The quantitative estimate of drug-likeness (QED) is 0.736. The second-order valence-corrected chi connectivity index (χ2v) is 3.84. The first kappa shape index (κ1) is 9.15. The molecule has 0 bridgehead atoms. The summed E-state index contributed by atoms with van der Waals surface area (Å²) in [6, 6.07) is 7.63. The number of imide groups is 1. The molecule has 1 saturated heterocycles. The van der Waals surface area contributed by atoms with E-state index in [9.17, 15) is 9.59 Å². The van der Waals surface area contributed by atoms with E-state index in [0.29, 0.717) is 18.5 Å². The van der Waals surface area contributed by atoms with Crippen LogP contribution in [0.15, 0.2) is 30.5 Å². The Kier molecular flexibility index (Phi) is 1.83. The summed E-state index contributed by atoms with van der Waals surface area (Å²) in [7, 11) is 0. The van der Waals surface area contributed by atoms with Crippen molar-refractivity contribution in [3.63, 3.8) is 0 Å². The minimum absolute atomic E-state index is 0.116. The summed E-state index contributed by atoms with van der Waals surface area (Å²) in [6.45, 7) is 0. The zero-order valence-electron chi connectivity index (χ0n) is 8.56. The lowest BCUT2D eigenvalue weighted by atomic mass is 10.2. The van der Waals surface area contributed by atoms with Crippen molar-refractivity contribution < 1.29 is 9.59 Å². The van der Waals surface area contributed by atoms with Crippen molar-refractivity contribution in [3.05, 3.63) is 30.5 Å². The fourth-order valence-corrected chi connectivity index (χ4v) is 2.09. The topological polar surface area (TPSA) is 53.2 Å². The molecule has 2 heterocycles. The molecule has 0 unspecified atom stereocenters. The Hall–Kier alpha value is -2.10. The molecule has 4 nitrogen and oxygen atoms in total. The molecule has 0 radical (unpaired) electrons. The van der Waals surface area contributed by atoms with Gasteiger partial charge >= 0.3 is 0 Å². The number of fused-ring (bicyclic) bond motifs is 1. The van der Waals surface area contributed by atoms with Gasteiger partial charge in [0.1, 0.15) is 0 Å². The molecule has 1 fully saturated rings. The first-order valence-corrected chi connectivity index (χ1v) is 5.19. The van der Waals surface area contributed by atoms with Crippen LogP contribution >= 0.6 is 0 Å². The van der Waals surface area contributed by atoms with Gasteiger partial charge < -0.3 is 4.98 Å². The van der Waals surface area contributed by atoms with Crippen molar-refractivity contribution in [1.29, 1.82) is 0 Å². The molecule has 16 heavy (non-hydrogen) atoms. The second-order valence-electron chi connectivity index (χ2n) is 3.84. The van der Waals surface area contributed by atoms with Gasteiger partial charge in [0.2, 0.25) is 11.8 Å². The minimum Gasteiger partial charge on any atom is -0.359 e. The molecule has 4 heteroatoms. The minimum atomic E-state index is -0.116. The third kappa shape index (κ3) is 1.16. The first-order chi connectivity index (χ1) is 7.77. The first-order valence-electron chi connectivity index (χ1n) is 5.19. The van der Waals surface area contributed by atoms with Crippen LogP contribution in [0.4, 0.5) is 5.69 Å². The number of aromatic amines is 1. The molecule has 0 aliphatic carbocycles. The van der Waals surface area contributed by atoms with Crippen LogP contribution in [0.25, 0.3) is 10.9 Å². The Morgan fingerprint density at radius 2 is 1.75 bits per heavy atom. The second kappa shape index (κ2) is 3.20. The Bertz CT molecular complexity index is 569. The van der Waals surface area contributed by atoms with Gasteiger partial charge in [-0.15, -0.1) is 0 Å². The highest BCUT2D eigenvalue weighted by atomic mass is 16.2. The van der Waals surface area contributed by atoms with Gasteiger partial charge in [0.15, 0.2) is 0 Å². The largest absolute Gasteiger partial charge is 0.359 e. The highest BCUT2D eigenvalue weighted by Crippen LogP contribution is 2.30. The Labute approximate surface area is 91.9 Å². The molecule has 0 atom stereocenters. The van der Waals surface area contributed by atoms with Crippen molar-refractivity contribution in [2.45, 2.75) is 12.8 Å². The Balaban J connectivity index is 2.19. The Morgan fingerprint density at radius 3 is 2.50 bits per heavy atom. The number of carbonyl (C=O) groups excluding carboxylic acids is 2. The molecule has 2 amide bonds. The van der Waals surface area contributed by atoms with Gasteiger partial charge in [0.25, 0.3) is 0 Å². The number of anilines is 1. The molecule has 0 spiro atoms. The van der Waals surface area contributed by atoms with E-state index in [4.69, 9.17) is 0 Å². The molecule has 2 aromatic rings. The number of benzene rings is 1. The third-order valence-corrected chi connectivity index (χ3v) is 2.86. The van der Waals surface area contributed by atoms with Gasteiger partial charge in [-0.3, -0.25) is 9.59 Å². The highest BCUT2D eigenvalue weighted by Gasteiger charge is 2.31. The van der Waals surface area contributed by atoms with E-state index in [1.54, 1.807) is 6.20 Å². The van der Waals surface area contributed by atoms with Crippen LogP contribution < -0.4 is 4.90 Å². The maximum atomic E-state index is 11.6. The van der Waals surface area contributed by atoms with E-state index in [1.165, 1.54) is 4.90 Å². The van der Waals surface area contributed by atoms with Crippen molar-refractivity contribution in [3.8, 4) is 0 Å². The number of hydrogen-bond acceptors (Lipinski definition) is 2. The van der Waals surface area contributed by atoms with Gasteiger partial charge in [0, 0.05) is 29.9 Å². The molecule has 1 aromatic carbocycles. The van der Waals surface area contributed by atoms with E-state index in [0.717, 1.165) is 10.9 Å². The van der Waals surface area contributed by atoms with E-state index in [-0.39, 0.29) is 11.8 Å². The molecular formula is C12H10N2O2. The standard InChI is InChI=1S/C12H10N2O2/c15-11-5-6-12(16)14(11)10-7-13-9-4-2-1-3-8(9)10/h1-4,7,13H,5-6H2. The van der Waals surface area contributed by atoms with Gasteiger partial charge in [-0.25, -0.2) is 4.90 Å². The van der Waals surface area contributed by atoms with Crippen molar-refractivity contribution in [2.75, 3.05) is 4.90 Å². The normalized spacial score (nSPS) is 16.4. The molecule has 1 aliphatic rings. The van der Waals surface area contributed by atoms with Crippen LogP contribution in [0.2, 0.25) is 0 Å². The fraction of sp³-hybridized carbons (Fsp3) is 0.167. The predicted octanol–water partition coefficient (Wildman–Crippen LogP) is 1.82. The number of para-hydroxylation sites is 1. The molecular weight excluding hydrogens is 204 g/mol. The predicted molar refractivity (Wildman–Crippen MR) is 60.0 cm³/mol. The van der Waals surface area contributed by atoms with Crippen LogP contribution in [0.5, 0.6) is 0 Å². The summed E-state index contributed by atoms with van der Waals surface area (Å²) in [6.07, 6.45) is 2.35. The number of aromatic nitrogens is 1. The smallest absolute Gasteiger partial charge is 0.234 e. The van der Waals surface area contributed by atoms with Crippen LogP contribution in [0, 0.1) is 0 Å².